The van der Waals surface area contributed by atoms with Crippen molar-refractivity contribution in [3.05, 3.63) is 0 Å². The van der Waals surface area contributed by atoms with Gasteiger partial charge in [0, 0.05) is 19.1 Å². The lowest BCUT2D eigenvalue weighted by atomic mass is 10.2. The van der Waals surface area contributed by atoms with E-state index in [0.717, 1.165) is 25.9 Å². The van der Waals surface area contributed by atoms with E-state index < -0.39 is 0 Å². The van der Waals surface area contributed by atoms with Crippen LogP contribution in [0.2, 0.25) is 0 Å². The van der Waals surface area contributed by atoms with Crippen LogP contribution < -0.4 is 5.32 Å². The van der Waals surface area contributed by atoms with E-state index in [-0.39, 0.29) is 0 Å². The second-order valence-corrected chi connectivity index (χ2v) is 2.81. The summed E-state index contributed by atoms with van der Waals surface area (Å²) in [5, 5.41) is 2.64. The number of nitrogens with zero attached hydrogens (tertiary/aromatic N) is 1. The average molecular weight is 158 g/mol. The van der Waals surface area contributed by atoms with Crippen molar-refractivity contribution in [3.8, 4) is 0 Å². The van der Waals surface area contributed by atoms with Gasteiger partial charge >= 0.3 is 0 Å². The summed E-state index contributed by atoms with van der Waals surface area (Å²) in [7, 11) is 2.07. The first kappa shape index (κ1) is 10.4. The van der Waals surface area contributed by atoms with Crippen LogP contribution >= 0.6 is 0 Å². The van der Waals surface area contributed by atoms with Crippen LogP contribution in [0.25, 0.3) is 0 Å². The van der Waals surface area contributed by atoms with Crippen molar-refractivity contribution in [2.45, 2.75) is 26.3 Å². The molecule has 0 heterocycles. The van der Waals surface area contributed by atoms with Gasteiger partial charge in [-0.1, -0.05) is 6.92 Å². The van der Waals surface area contributed by atoms with Gasteiger partial charge in [0.2, 0.25) is 6.41 Å². The summed E-state index contributed by atoms with van der Waals surface area (Å²) in [6, 6.07) is 0.600. The van der Waals surface area contributed by atoms with Crippen molar-refractivity contribution in [1.29, 1.82) is 0 Å². The number of amides is 1. The Labute approximate surface area is 68.8 Å². The number of carbonyl (C=O) groups is 1. The normalized spacial score (nSPS) is 13.1. The topological polar surface area (TPSA) is 32.3 Å². The molecule has 11 heavy (non-hydrogen) atoms. The fourth-order valence-electron chi connectivity index (χ4n) is 0.832. The van der Waals surface area contributed by atoms with Crippen LogP contribution in [0.4, 0.5) is 0 Å². The lowest BCUT2D eigenvalue weighted by Gasteiger charge is -2.22. The molecule has 0 radical (unpaired) electrons. The Morgan fingerprint density at radius 1 is 1.64 bits per heavy atom. The van der Waals surface area contributed by atoms with E-state index in [1.807, 2.05) is 0 Å². The predicted molar refractivity (Wildman–Crippen MR) is 46.4 cm³/mol. The SMILES string of the molecule is CCC(C)N(C)CCNC=O. The highest BCUT2D eigenvalue weighted by Gasteiger charge is 2.04. The van der Waals surface area contributed by atoms with Crippen LogP contribution in [-0.4, -0.2) is 37.5 Å². The van der Waals surface area contributed by atoms with Gasteiger partial charge in [-0.05, 0) is 20.4 Å². The summed E-state index contributed by atoms with van der Waals surface area (Å²) in [6.07, 6.45) is 1.89. The molecule has 1 unspecified atom stereocenters. The second-order valence-electron chi connectivity index (χ2n) is 2.81. The third-order valence-corrected chi connectivity index (χ3v) is 2.04. The number of carbonyl (C=O) groups excluding carboxylic acids is 1. The van der Waals surface area contributed by atoms with Crippen molar-refractivity contribution in [2.75, 3.05) is 20.1 Å². The minimum absolute atomic E-state index is 0.600. The molecule has 0 spiro atoms. The number of likely N-dealkylation sites (N-methyl/N-ethyl adjacent to an activating group) is 1. The quantitative estimate of drug-likeness (QED) is 0.450. The number of nitrogens with one attached hydrogen (secondary N) is 1. The smallest absolute Gasteiger partial charge is 0.207 e. The zero-order valence-electron chi connectivity index (χ0n) is 7.63. The lowest BCUT2D eigenvalue weighted by molar-refractivity contribution is -0.109. The predicted octanol–water partition coefficient (Wildman–Crippen LogP) is 0.463. The Morgan fingerprint density at radius 3 is 2.73 bits per heavy atom. The summed E-state index contributed by atoms with van der Waals surface area (Å²) in [6.45, 7) is 6.01. The van der Waals surface area contributed by atoms with Crippen molar-refractivity contribution in [1.82, 2.24) is 10.2 Å². The van der Waals surface area contributed by atoms with Crippen LogP contribution in [0.15, 0.2) is 0 Å². The van der Waals surface area contributed by atoms with E-state index in [4.69, 9.17) is 0 Å². The van der Waals surface area contributed by atoms with E-state index in [0.29, 0.717) is 6.04 Å². The molecule has 0 rings (SSSR count). The number of hydrogen-bond acceptors (Lipinski definition) is 2. The fraction of sp³-hybridized carbons (Fsp3) is 0.875. The Hall–Kier alpha value is -0.570. The van der Waals surface area contributed by atoms with E-state index >= 15 is 0 Å². The van der Waals surface area contributed by atoms with Crippen molar-refractivity contribution in [2.24, 2.45) is 0 Å². The molecule has 0 saturated heterocycles. The Morgan fingerprint density at radius 2 is 2.27 bits per heavy atom. The van der Waals surface area contributed by atoms with E-state index in [1.54, 1.807) is 0 Å². The third kappa shape index (κ3) is 4.79. The first-order valence-electron chi connectivity index (χ1n) is 4.09. The van der Waals surface area contributed by atoms with E-state index in [9.17, 15) is 4.79 Å². The van der Waals surface area contributed by atoms with Crippen LogP contribution in [-0.2, 0) is 4.79 Å². The molecule has 0 aromatic carbocycles. The Kier molecular flexibility index (Phi) is 5.84. The van der Waals surface area contributed by atoms with Crippen molar-refractivity contribution < 1.29 is 4.79 Å². The monoisotopic (exact) mass is 158 g/mol. The molecule has 0 aromatic rings. The summed E-state index contributed by atoms with van der Waals surface area (Å²) in [5.74, 6) is 0. The summed E-state index contributed by atoms with van der Waals surface area (Å²) in [4.78, 5) is 12.1. The molecule has 0 aromatic heterocycles. The van der Waals surface area contributed by atoms with Gasteiger partial charge in [-0.15, -0.1) is 0 Å². The molecule has 0 fully saturated rings. The molecular formula is C8H18N2O. The second kappa shape index (κ2) is 6.16. The molecule has 1 amide bonds. The maximum atomic E-state index is 9.90. The molecule has 1 N–H and O–H groups in total. The van der Waals surface area contributed by atoms with Gasteiger partial charge < -0.3 is 10.2 Å². The van der Waals surface area contributed by atoms with Gasteiger partial charge in [-0.2, -0.15) is 0 Å². The minimum atomic E-state index is 0.600. The molecule has 0 bridgehead atoms. The molecule has 0 saturated carbocycles. The van der Waals surface area contributed by atoms with Gasteiger partial charge in [0.05, 0.1) is 0 Å². The summed E-state index contributed by atoms with van der Waals surface area (Å²) in [5.41, 5.74) is 0. The molecule has 3 nitrogen and oxygen atoms in total. The molecule has 0 aliphatic rings. The molecule has 0 aliphatic heterocycles. The van der Waals surface area contributed by atoms with Crippen LogP contribution in [0, 0.1) is 0 Å². The highest BCUT2D eigenvalue weighted by molar-refractivity contribution is 5.45. The zero-order chi connectivity index (χ0) is 8.69. The van der Waals surface area contributed by atoms with E-state index in [1.165, 1.54) is 0 Å². The fourth-order valence-corrected chi connectivity index (χ4v) is 0.832. The standard InChI is InChI=1S/C8H18N2O/c1-4-8(2)10(3)6-5-9-7-11/h7-8H,4-6H2,1-3H3,(H,9,11). The van der Waals surface area contributed by atoms with Crippen molar-refractivity contribution in [3.63, 3.8) is 0 Å². The van der Waals surface area contributed by atoms with Gasteiger partial charge in [-0.3, -0.25) is 4.79 Å². The molecule has 66 valence electrons. The Balaban J connectivity index is 3.34. The highest BCUT2D eigenvalue weighted by atomic mass is 16.1. The van der Waals surface area contributed by atoms with Gasteiger partial charge in [-0.25, -0.2) is 0 Å². The molecule has 1 atom stereocenters. The summed E-state index contributed by atoms with van der Waals surface area (Å²) < 4.78 is 0. The maximum Gasteiger partial charge on any atom is 0.207 e. The highest BCUT2D eigenvalue weighted by Crippen LogP contribution is 1.97. The van der Waals surface area contributed by atoms with Gasteiger partial charge in [0.25, 0.3) is 0 Å². The first-order valence-corrected chi connectivity index (χ1v) is 4.09. The zero-order valence-corrected chi connectivity index (χ0v) is 7.63. The Bertz CT molecular complexity index is 106. The first-order chi connectivity index (χ1) is 5.22. The van der Waals surface area contributed by atoms with Crippen LogP contribution in [0.1, 0.15) is 20.3 Å². The van der Waals surface area contributed by atoms with Crippen LogP contribution in [0.3, 0.4) is 0 Å². The minimum Gasteiger partial charge on any atom is -0.357 e. The van der Waals surface area contributed by atoms with E-state index in [2.05, 4.69) is 31.1 Å². The number of rotatable bonds is 6. The largest absolute Gasteiger partial charge is 0.357 e. The van der Waals surface area contributed by atoms with Crippen LogP contribution in [0.5, 0.6) is 0 Å². The number of hydrogen-bond donors (Lipinski definition) is 1. The summed E-state index contributed by atoms with van der Waals surface area (Å²) >= 11 is 0. The van der Waals surface area contributed by atoms with Gasteiger partial charge in [0.1, 0.15) is 0 Å². The maximum absolute atomic E-state index is 9.90. The molecular weight excluding hydrogens is 140 g/mol. The molecule has 3 heteroatoms. The van der Waals surface area contributed by atoms with Crippen molar-refractivity contribution >= 4 is 6.41 Å². The average Bonchev–Trinajstić information content (AvgIpc) is 2.03. The lowest BCUT2D eigenvalue weighted by Crippen LogP contribution is -2.34. The van der Waals surface area contributed by atoms with Gasteiger partial charge in [0.15, 0.2) is 0 Å². The third-order valence-electron chi connectivity index (χ3n) is 2.04. The molecule has 0 aliphatic carbocycles.